The lowest BCUT2D eigenvalue weighted by Crippen LogP contribution is -2.51. The molecular weight excluding hydrogens is 402 g/mol. The van der Waals surface area contributed by atoms with Crippen LogP contribution in [-0.4, -0.2) is 75.5 Å². The second-order valence-electron chi connectivity index (χ2n) is 8.80. The molecule has 3 rings (SSSR count). The van der Waals surface area contributed by atoms with Crippen LogP contribution in [0.3, 0.4) is 0 Å². The number of morpholine rings is 1. The van der Waals surface area contributed by atoms with Gasteiger partial charge >= 0.3 is 0 Å². The third kappa shape index (κ3) is 5.60. The maximum Gasteiger partial charge on any atom is 0.251 e. The van der Waals surface area contributed by atoms with E-state index in [1.165, 1.54) is 0 Å². The van der Waals surface area contributed by atoms with Crippen molar-refractivity contribution in [1.29, 1.82) is 0 Å². The number of sulfonamides is 1. The summed E-state index contributed by atoms with van der Waals surface area (Å²) in [5.74, 6) is 0.603. The van der Waals surface area contributed by atoms with Crippen molar-refractivity contribution in [2.24, 2.45) is 11.8 Å². The van der Waals surface area contributed by atoms with Crippen molar-refractivity contribution >= 4 is 15.9 Å². The Bertz CT molecular complexity index is 804. The summed E-state index contributed by atoms with van der Waals surface area (Å²) in [7, 11) is -3.51. The first kappa shape index (κ1) is 23.2. The summed E-state index contributed by atoms with van der Waals surface area (Å²) in [4.78, 5) is 15.3. The molecule has 2 aliphatic rings. The minimum atomic E-state index is -3.51. The van der Waals surface area contributed by atoms with Crippen LogP contribution in [0.4, 0.5) is 0 Å². The molecule has 1 N–H and O–H groups in total. The lowest BCUT2D eigenvalue weighted by molar-refractivity contribution is 0.00672. The number of ether oxygens (including phenoxy) is 1. The second kappa shape index (κ2) is 10.2. The van der Waals surface area contributed by atoms with Crippen molar-refractivity contribution in [1.82, 2.24) is 14.5 Å². The van der Waals surface area contributed by atoms with E-state index in [4.69, 9.17) is 4.74 Å². The summed E-state index contributed by atoms with van der Waals surface area (Å²) < 4.78 is 32.8. The van der Waals surface area contributed by atoms with Crippen LogP contribution in [0.1, 0.15) is 44.0 Å². The molecule has 0 radical (unpaired) electrons. The molecule has 2 fully saturated rings. The zero-order chi connectivity index (χ0) is 21.7. The van der Waals surface area contributed by atoms with Crippen molar-refractivity contribution in [2.75, 3.05) is 45.9 Å². The van der Waals surface area contributed by atoms with Gasteiger partial charge in [-0.05, 0) is 48.9 Å². The largest absolute Gasteiger partial charge is 0.379 e. The van der Waals surface area contributed by atoms with Gasteiger partial charge in [-0.3, -0.25) is 9.69 Å². The molecule has 168 valence electrons. The predicted octanol–water partition coefficient (Wildman–Crippen LogP) is 2.19. The number of hydrogen-bond acceptors (Lipinski definition) is 5. The van der Waals surface area contributed by atoms with Gasteiger partial charge in [-0.2, -0.15) is 4.31 Å². The van der Waals surface area contributed by atoms with Gasteiger partial charge in [0, 0.05) is 44.3 Å². The molecule has 30 heavy (non-hydrogen) atoms. The topological polar surface area (TPSA) is 79.0 Å². The van der Waals surface area contributed by atoms with Gasteiger partial charge in [-0.25, -0.2) is 8.42 Å². The highest BCUT2D eigenvalue weighted by atomic mass is 32.2. The van der Waals surface area contributed by atoms with Gasteiger partial charge in [0.25, 0.3) is 5.91 Å². The summed E-state index contributed by atoms with van der Waals surface area (Å²) in [6, 6.07) is 6.55. The third-order valence-corrected chi connectivity index (χ3v) is 8.01. The molecule has 8 heteroatoms. The highest BCUT2D eigenvalue weighted by Gasteiger charge is 2.29. The number of rotatable bonds is 7. The average Bonchev–Trinajstić information content (AvgIpc) is 2.74. The number of carbonyl (C=O) groups excluding carboxylic acids is 1. The number of piperidine rings is 1. The Morgan fingerprint density at radius 1 is 1.17 bits per heavy atom. The zero-order valence-corrected chi connectivity index (χ0v) is 19.2. The average molecular weight is 438 g/mol. The standard InChI is InChI=1S/C22H35N3O4S/c1-17(2)21(24-11-13-29-14-12-24)15-23-22(26)19-6-8-20(9-7-19)30(27,28)25-10-4-5-18(3)16-25/h6-9,17-18,21H,4-5,10-16H2,1-3H3,(H,23,26)/t18-,21-/m0/s1. The number of hydrogen-bond donors (Lipinski definition) is 1. The van der Waals surface area contributed by atoms with E-state index in [1.807, 2.05) is 0 Å². The predicted molar refractivity (Wildman–Crippen MR) is 117 cm³/mol. The van der Waals surface area contributed by atoms with E-state index < -0.39 is 10.0 Å². The van der Waals surface area contributed by atoms with Crippen LogP contribution >= 0.6 is 0 Å². The number of nitrogens with zero attached hydrogens (tertiary/aromatic N) is 2. The SMILES string of the molecule is CC(C)[C@H](CNC(=O)c1ccc(S(=O)(=O)N2CCC[C@H](C)C2)cc1)N1CCOCC1. The molecule has 1 amide bonds. The summed E-state index contributed by atoms with van der Waals surface area (Å²) >= 11 is 0. The van der Waals surface area contributed by atoms with Gasteiger partial charge in [0.2, 0.25) is 10.0 Å². The lowest BCUT2D eigenvalue weighted by Gasteiger charge is -2.36. The van der Waals surface area contributed by atoms with E-state index in [-0.39, 0.29) is 16.8 Å². The second-order valence-corrected chi connectivity index (χ2v) is 10.7. The fourth-order valence-electron chi connectivity index (χ4n) is 4.29. The van der Waals surface area contributed by atoms with Crippen LogP contribution in [0.5, 0.6) is 0 Å². The number of benzene rings is 1. The molecule has 1 aromatic carbocycles. The monoisotopic (exact) mass is 437 g/mol. The normalized spacial score (nSPS) is 22.7. The van der Waals surface area contributed by atoms with Crippen LogP contribution in [0.25, 0.3) is 0 Å². The first-order chi connectivity index (χ1) is 14.3. The van der Waals surface area contributed by atoms with E-state index in [1.54, 1.807) is 28.6 Å². The molecule has 2 heterocycles. The molecule has 7 nitrogen and oxygen atoms in total. The van der Waals surface area contributed by atoms with Gasteiger partial charge in [0.1, 0.15) is 0 Å². The number of nitrogens with one attached hydrogen (secondary N) is 1. The van der Waals surface area contributed by atoms with Crippen molar-refractivity contribution in [3.8, 4) is 0 Å². The van der Waals surface area contributed by atoms with Crippen LogP contribution in [-0.2, 0) is 14.8 Å². The Kier molecular flexibility index (Phi) is 7.90. The summed E-state index contributed by atoms with van der Waals surface area (Å²) in [5.41, 5.74) is 0.477. The Morgan fingerprint density at radius 2 is 1.83 bits per heavy atom. The van der Waals surface area contributed by atoms with E-state index in [2.05, 4.69) is 31.0 Å². The fourth-order valence-corrected chi connectivity index (χ4v) is 5.89. The molecule has 0 saturated carbocycles. The van der Waals surface area contributed by atoms with Gasteiger partial charge in [0.05, 0.1) is 18.1 Å². The first-order valence-corrected chi connectivity index (χ1v) is 12.4. The number of amides is 1. The maximum absolute atomic E-state index is 12.9. The minimum Gasteiger partial charge on any atom is -0.379 e. The highest BCUT2D eigenvalue weighted by Crippen LogP contribution is 2.23. The number of carbonyl (C=O) groups is 1. The van der Waals surface area contributed by atoms with Gasteiger partial charge < -0.3 is 10.1 Å². The van der Waals surface area contributed by atoms with Crippen LogP contribution in [0, 0.1) is 11.8 Å². The van der Waals surface area contributed by atoms with Gasteiger partial charge in [-0.1, -0.05) is 20.8 Å². The molecule has 0 spiro atoms. The van der Waals surface area contributed by atoms with Gasteiger partial charge in [0.15, 0.2) is 0 Å². The summed E-state index contributed by atoms with van der Waals surface area (Å²) in [6.07, 6.45) is 1.95. The van der Waals surface area contributed by atoms with Crippen molar-refractivity contribution in [3.63, 3.8) is 0 Å². The molecule has 2 saturated heterocycles. The van der Waals surface area contributed by atoms with Crippen molar-refractivity contribution in [3.05, 3.63) is 29.8 Å². The van der Waals surface area contributed by atoms with Crippen LogP contribution < -0.4 is 5.32 Å². The van der Waals surface area contributed by atoms with Crippen molar-refractivity contribution < 1.29 is 17.9 Å². The van der Waals surface area contributed by atoms with Gasteiger partial charge in [-0.15, -0.1) is 0 Å². The molecular formula is C22H35N3O4S. The maximum atomic E-state index is 12.9. The molecule has 0 unspecified atom stereocenters. The molecule has 2 atom stereocenters. The Balaban J connectivity index is 1.61. The fraction of sp³-hybridized carbons (Fsp3) is 0.682. The molecule has 0 aromatic heterocycles. The quantitative estimate of drug-likeness (QED) is 0.707. The molecule has 0 aliphatic carbocycles. The van der Waals surface area contributed by atoms with E-state index in [0.717, 1.165) is 39.1 Å². The Hall–Kier alpha value is -1.48. The smallest absolute Gasteiger partial charge is 0.251 e. The first-order valence-electron chi connectivity index (χ1n) is 11.0. The summed E-state index contributed by atoms with van der Waals surface area (Å²) in [6.45, 7) is 11.3. The highest BCUT2D eigenvalue weighted by molar-refractivity contribution is 7.89. The zero-order valence-electron chi connectivity index (χ0n) is 18.3. The van der Waals surface area contributed by atoms with E-state index in [0.29, 0.717) is 37.0 Å². The van der Waals surface area contributed by atoms with Crippen LogP contribution in [0.2, 0.25) is 0 Å². The molecule has 2 aliphatic heterocycles. The Labute approximate surface area is 180 Å². The van der Waals surface area contributed by atoms with E-state index in [9.17, 15) is 13.2 Å². The van der Waals surface area contributed by atoms with E-state index >= 15 is 0 Å². The Morgan fingerprint density at radius 3 is 2.43 bits per heavy atom. The lowest BCUT2D eigenvalue weighted by atomic mass is 10.0. The summed E-state index contributed by atoms with van der Waals surface area (Å²) in [5, 5.41) is 3.02. The minimum absolute atomic E-state index is 0.176. The molecule has 1 aromatic rings. The molecule has 0 bridgehead atoms. The third-order valence-electron chi connectivity index (χ3n) is 6.13. The van der Waals surface area contributed by atoms with Crippen LogP contribution in [0.15, 0.2) is 29.2 Å². The van der Waals surface area contributed by atoms with Crippen molar-refractivity contribution in [2.45, 2.75) is 44.6 Å².